The minimum absolute atomic E-state index is 0.0963. The molecule has 0 unspecified atom stereocenters. The van der Waals surface area contributed by atoms with Crippen LogP contribution in [0, 0.1) is 0 Å². The van der Waals surface area contributed by atoms with Crippen LogP contribution in [0.3, 0.4) is 0 Å². The summed E-state index contributed by atoms with van der Waals surface area (Å²) in [6.07, 6.45) is 1.18. The van der Waals surface area contributed by atoms with Crippen LogP contribution >= 0.6 is 11.6 Å². The number of imide groups is 1. The third-order valence-corrected chi connectivity index (χ3v) is 6.21. The molecule has 1 aromatic heterocycles. The lowest BCUT2D eigenvalue weighted by molar-refractivity contribution is -0.143. The zero-order valence-corrected chi connectivity index (χ0v) is 18.9. The number of nitrogens with zero attached hydrogens (tertiary/aromatic N) is 4. The van der Waals surface area contributed by atoms with Crippen LogP contribution in [0.4, 0.5) is 0 Å². The first-order valence-electron chi connectivity index (χ1n) is 10.1. The molecule has 2 heterocycles. The predicted molar refractivity (Wildman–Crippen MR) is 115 cm³/mol. The maximum atomic E-state index is 13.6. The average Bonchev–Trinajstić information content (AvgIpc) is 3.34. The number of halogens is 1. The number of likely N-dealkylation sites (tertiary alicyclic amines) is 1. The molecular weight excluding hydrogens is 420 g/mol. The van der Waals surface area contributed by atoms with Crippen molar-refractivity contribution in [3.8, 4) is 0 Å². The highest BCUT2D eigenvalue weighted by atomic mass is 35.5. The summed E-state index contributed by atoms with van der Waals surface area (Å²) in [7, 11) is 5.39. The van der Waals surface area contributed by atoms with Gasteiger partial charge in [-0.3, -0.25) is 19.3 Å². The molecule has 1 aromatic carbocycles. The normalized spacial score (nSPS) is 19.9. The summed E-state index contributed by atoms with van der Waals surface area (Å²) in [6, 6.07) is 8.24. The van der Waals surface area contributed by atoms with E-state index < -0.39 is 5.41 Å². The molecule has 2 aromatic rings. The van der Waals surface area contributed by atoms with Gasteiger partial charge in [-0.25, -0.2) is 0 Å². The van der Waals surface area contributed by atoms with Gasteiger partial charge in [0.2, 0.25) is 17.7 Å². The number of benzene rings is 1. The van der Waals surface area contributed by atoms with Gasteiger partial charge in [-0.15, -0.1) is 0 Å². The molecule has 3 rings (SSSR count). The van der Waals surface area contributed by atoms with E-state index in [2.05, 4.69) is 5.16 Å². The van der Waals surface area contributed by atoms with Crippen molar-refractivity contribution in [3.63, 3.8) is 0 Å². The minimum Gasteiger partial charge on any atom is -0.364 e. The first-order chi connectivity index (χ1) is 14.7. The molecular formula is C22H27ClN4O4. The monoisotopic (exact) mass is 446 g/mol. The first-order valence-corrected chi connectivity index (χ1v) is 10.5. The van der Waals surface area contributed by atoms with Gasteiger partial charge >= 0.3 is 0 Å². The Morgan fingerprint density at radius 2 is 1.97 bits per heavy atom. The quantitative estimate of drug-likeness (QED) is 0.579. The topological polar surface area (TPSA) is 87.0 Å². The number of hydrogen-bond donors (Lipinski definition) is 0. The molecule has 31 heavy (non-hydrogen) atoms. The Kier molecular flexibility index (Phi) is 6.81. The number of likely N-dealkylation sites (N-methyl/N-ethyl adjacent to an activating group) is 1. The number of carbonyl (C=O) groups excluding carboxylic acids is 3. The van der Waals surface area contributed by atoms with Crippen molar-refractivity contribution in [1.29, 1.82) is 0 Å². The van der Waals surface area contributed by atoms with Crippen molar-refractivity contribution in [2.45, 2.75) is 31.2 Å². The number of hydrogen-bond acceptors (Lipinski definition) is 6. The van der Waals surface area contributed by atoms with E-state index in [4.69, 9.17) is 16.1 Å². The molecule has 0 bridgehead atoms. The summed E-state index contributed by atoms with van der Waals surface area (Å²) < 4.78 is 4.88. The Morgan fingerprint density at radius 1 is 1.26 bits per heavy atom. The summed E-state index contributed by atoms with van der Waals surface area (Å²) in [5, 5.41) is 4.26. The minimum atomic E-state index is -1.34. The molecule has 0 saturated carbocycles. The summed E-state index contributed by atoms with van der Waals surface area (Å²) in [6.45, 7) is 2.62. The van der Waals surface area contributed by atoms with Gasteiger partial charge in [0.05, 0.1) is 11.5 Å². The van der Waals surface area contributed by atoms with Gasteiger partial charge in [-0.1, -0.05) is 35.0 Å². The van der Waals surface area contributed by atoms with Crippen molar-refractivity contribution >= 4 is 29.3 Å². The van der Waals surface area contributed by atoms with Gasteiger partial charge in [0.25, 0.3) is 0 Å². The Bertz CT molecular complexity index is 962. The van der Waals surface area contributed by atoms with Crippen LogP contribution in [-0.2, 0) is 19.8 Å². The molecule has 0 N–H and O–H groups in total. The fraction of sp³-hybridized carbons (Fsp3) is 0.455. The summed E-state index contributed by atoms with van der Waals surface area (Å²) in [4.78, 5) is 44.4. The van der Waals surface area contributed by atoms with Gasteiger partial charge in [0.1, 0.15) is 12.0 Å². The van der Waals surface area contributed by atoms with Gasteiger partial charge in [0, 0.05) is 44.1 Å². The smallest absolute Gasteiger partial charge is 0.240 e. The second-order valence-corrected chi connectivity index (χ2v) is 8.58. The number of amides is 3. The summed E-state index contributed by atoms with van der Waals surface area (Å²) in [5.41, 5.74) is -0.237. The molecule has 3 amide bonds. The number of carbonyl (C=O) groups is 3. The van der Waals surface area contributed by atoms with E-state index in [1.807, 2.05) is 25.9 Å². The van der Waals surface area contributed by atoms with Crippen LogP contribution in [0.25, 0.3) is 0 Å². The molecule has 1 saturated heterocycles. The first kappa shape index (κ1) is 23.0. The average molecular weight is 447 g/mol. The summed E-state index contributed by atoms with van der Waals surface area (Å²) in [5.74, 6) is -0.971. The van der Waals surface area contributed by atoms with Crippen LogP contribution in [0.2, 0.25) is 5.02 Å². The van der Waals surface area contributed by atoms with Crippen molar-refractivity contribution in [3.05, 3.63) is 52.9 Å². The Balaban J connectivity index is 1.95. The number of aromatic nitrogens is 1. The van der Waals surface area contributed by atoms with Crippen molar-refractivity contribution in [1.82, 2.24) is 19.9 Å². The van der Waals surface area contributed by atoms with Crippen molar-refractivity contribution in [2.75, 3.05) is 34.2 Å². The third kappa shape index (κ3) is 4.50. The maximum absolute atomic E-state index is 13.6. The highest BCUT2D eigenvalue weighted by Crippen LogP contribution is 2.43. The third-order valence-electron chi connectivity index (χ3n) is 5.88. The molecule has 1 aliphatic rings. The zero-order valence-electron chi connectivity index (χ0n) is 18.2. The Labute approximate surface area is 186 Å². The second-order valence-electron chi connectivity index (χ2n) is 8.17. The van der Waals surface area contributed by atoms with Crippen molar-refractivity contribution in [2.24, 2.45) is 0 Å². The Morgan fingerprint density at radius 3 is 2.58 bits per heavy atom. The molecule has 9 heteroatoms. The molecule has 166 valence electrons. The van der Waals surface area contributed by atoms with E-state index in [-0.39, 0.29) is 43.1 Å². The van der Waals surface area contributed by atoms with Gasteiger partial charge in [-0.05, 0) is 32.6 Å². The largest absolute Gasteiger partial charge is 0.364 e. The highest BCUT2D eigenvalue weighted by Gasteiger charge is 2.54. The summed E-state index contributed by atoms with van der Waals surface area (Å²) >= 11 is 6.45. The molecule has 1 aliphatic heterocycles. The van der Waals surface area contributed by atoms with E-state index in [0.29, 0.717) is 22.8 Å². The zero-order chi connectivity index (χ0) is 22.8. The molecule has 0 aliphatic carbocycles. The maximum Gasteiger partial charge on any atom is 0.240 e. The van der Waals surface area contributed by atoms with E-state index in [1.54, 1.807) is 37.4 Å². The van der Waals surface area contributed by atoms with Gasteiger partial charge < -0.3 is 14.3 Å². The molecule has 0 spiro atoms. The predicted octanol–water partition coefficient (Wildman–Crippen LogP) is 2.50. The van der Waals surface area contributed by atoms with Crippen LogP contribution < -0.4 is 0 Å². The van der Waals surface area contributed by atoms with E-state index in [1.165, 1.54) is 16.1 Å². The van der Waals surface area contributed by atoms with Gasteiger partial charge in [0.15, 0.2) is 0 Å². The SMILES string of the molecule is C[C@H](c1ccon1)N(C)C(=O)C[C@]1(c2ccccc2Cl)CC(=O)N(CCN(C)C)C1=O. The lowest BCUT2D eigenvalue weighted by Gasteiger charge is -2.31. The van der Waals surface area contributed by atoms with Gasteiger partial charge in [-0.2, -0.15) is 0 Å². The second kappa shape index (κ2) is 9.20. The lowest BCUT2D eigenvalue weighted by Crippen LogP contribution is -2.44. The highest BCUT2D eigenvalue weighted by molar-refractivity contribution is 6.32. The van der Waals surface area contributed by atoms with E-state index >= 15 is 0 Å². The molecule has 0 radical (unpaired) electrons. The van der Waals surface area contributed by atoms with Crippen LogP contribution in [0.1, 0.15) is 37.1 Å². The van der Waals surface area contributed by atoms with Crippen LogP contribution in [-0.4, -0.2) is 71.8 Å². The molecule has 2 atom stereocenters. The Hall–Kier alpha value is -2.71. The lowest BCUT2D eigenvalue weighted by atomic mass is 9.75. The van der Waals surface area contributed by atoms with E-state index in [9.17, 15) is 14.4 Å². The number of rotatable bonds is 8. The fourth-order valence-electron chi connectivity index (χ4n) is 3.85. The van der Waals surface area contributed by atoms with Crippen LogP contribution in [0.15, 0.2) is 41.1 Å². The fourth-order valence-corrected chi connectivity index (χ4v) is 4.17. The van der Waals surface area contributed by atoms with Crippen molar-refractivity contribution < 1.29 is 18.9 Å². The molecule has 1 fully saturated rings. The van der Waals surface area contributed by atoms with E-state index in [0.717, 1.165) is 0 Å². The molecule has 8 nitrogen and oxygen atoms in total. The standard InChI is InChI=1S/C22H27ClN4O4/c1-15(18-9-12-31-24-18)26(4)19(28)13-22(16-7-5-6-8-17(16)23)14-20(29)27(21(22)30)11-10-25(2)3/h5-9,12,15H,10-11,13-14H2,1-4H3/t15-,22-/m1/s1. The van der Waals surface area contributed by atoms with Crippen LogP contribution in [0.5, 0.6) is 0 Å².